The Hall–Kier alpha value is -1.02. The third kappa shape index (κ3) is 6.99. The molecule has 0 aromatic heterocycles. The van der Waals surface area contributed by atoms with Crippen LogP contribution in [-0.2, 0) is 0 Å². The smallest absolute Gasteiger partial charge is 0.124 e. The van der Waals surface area contributed by atoms with Gasteiger partial charge in [0.1, 0.15) is 5.75 Å². The quantitative estimate of drug-likeness (QED) is 0.514. The first-order chi connectivity index (χ1) is 10.3. The lowest BCUT2D eigenvalue weighted by Gasteiger charge is -2.20. The molecule has 0 saturated heterocycles. The molecular weight excluding hydrogens is 258 g/mol. The van der Waals surface area contributed by atoms with Gasteiger partial charge in [-0.2, -0.15) is 0 Å². The first kappa shape index (κ1) is 18.0. The Morgan fingerprint density at radius 1 is 0.952 bits per heavy atom. The van der Waals surface area contributed by atoms with E-state index >= 15 is 0 Å². The third-order valence-corrected chi connectivity index (χ3v) is 4.04. The predicted octanol–water partition coefficient (Wildman–Crippen LogP) is 5.49. The molecule has 0 aliphatic rings. The normalized spacial score (nSPS) is 12.3. The highest BCUT2D eigenvalue weighted by molar-refractivity contribution is 5.35. The summed E-state index contributed by atoms with van der Waals surface area (Å²) in [7, 11) is 2.05. The summed E-state index contributed by atoms with van der Waals surface area (Å²) in [6.07, 6.45) is 10.7. The Bertz CT molecular complexity index is 364. The van der Waals surface area contributed by atoms with Crippen LogP contribution in [0.4, 0.5) is 0 Å². The SMILES string of the molecule is CCCCCCCCCC(NC)c1ccccc1OCC. The lowest BCUT2D eigenvalue weighted by molar-refractivity contribution is 0.330. The molecule has 0 radical (unpaired) electrons. The van der Waals surface area contributed by atoms with E-state index in [0.717, 1.165) is 12.4 Å². The number of hydrogen-bond donors (Lipinski definition) is 1. The van der Waals surface area contributed by atoms with Crippen molar-refractivity contribution >= 4 is 0 Å². The molecule has 0 aliphatic heterocycles. The largest absolute Gasteiger partial charge is 0.494 e. The second kappa shape index (κ2) is 11.6. The van der Waals surface area contributed by atoms with E-state index in [1.807, 2.05) is 6.92 Å². The Balaban J connectivity index is 2.37. The highest BCUT2D eigenvalue weighted by Crippen LogP contribution is 2.28. The summed E-state index contributed by atoms with van der Waals surface area (Å²) in [5, 5.41) is 3.45. The van der Waals surface area contributed by atoms with Crippen molar-refractivity contribution in [3.05, 3.63) is 29.8 Å². The Labute approximate surface area is 131 Å². The lowest BCUT2D eigenvalue weighted by Crippen LogP contribution is -2.17. The molecule has 120 valence electrons. The monoisotopic (exact) mass is 291 g/mol. The van der Waals surface area contributed by atoms with Gasteiger partial charge in [0.2, 0.25) is 0 Å². The zero-order valence-electron chi connectivity index (χ0n) is 14.2. The van der Waals surface area contributed by atoms with Crippen molar-refractivity contribution in [2.24, 2.45) is 0 Å². The number of benzene rings is 1. The van der Waals surface area contributed by atoms with Crippen LogP contribution in [0.3, 0.4) is 0 Å². The maximum Gasteiger partial charge on any atom is 0.124 e. The van der Waals surface area contributed by atoms with Gasteiger partial charge < -0.3 is 10.1 Å². The maximum absolute atomic E-state index is 5.75. The molecule has 0 bridgehead atoms. The molecule has 1 unspecified atom stereocenters. The highest BCUT2D eigenvalue weighted by atomic mass is 16.5. The first-order valence-corrected chi connectivity index (χ1v) is 8.72. The number of para-hydroxylation sites is 1. The van der Waals surface area contributed by atoms with Gasteiger partial charge in [-0.1, -0.05) is 70.1 Å². The number of unbranched alkanes of at least 4 members (excludes halogenated alkanes) is 6. The average molecular weight is 291 g/mol. The summed E-state index contributed by atoms with van der Waals surface area (Å²) < 4.78 is 5.75. The van der Waals surface area contributed by atoms with Gasteiger partial charge >= 0.3 is 0 Å². The van der Waals surface area contributed by atoms with Crippen molar-refractivity contribution in [1.29, 1.82) is 0 Å². The molecule has 0 spiro atoms. The fourth-order valence-electron chi connectivity index (χ4n) is 2.82. The van der Waals surface area contributed by atoms with Crippen molar-refractivity contribution in [1.82, 2.24) is 5.32 Å². The van der Waals surface area contributed by atoms with Gasteiger partial charge in [0.05, 0.1) is 6.61 Å². The lowest BCUT2D eigenvalue weighted by atomic mass is 9.99. The molecule has 1 aromatic rings. The van der Waals surface area contributed by atoms with Crippen LogP contribution in [0.1, 0.15) is 76.8 Å². The summed E-state index contributed by atoms with van der Waals surface area (Å²) in [5.41, 5.74) is 1.30. The second-order valence-corrected chi connectivity index (χ2v) is 5.72. The summed E-state index contributed by atoms with van der Waals surface area (Å²) in [5.74, 6) is 1.03. The molecule has 0 fully saturated rings. The van der Waals surface area contributed by atoms with Crippen LogP contribution in [-0.4, -0.2) is 13.7 Å². The van der Waals surface area contributed by atoms with Crippen LogP contribution >= 0.6 is 0 Å². The summed E-state index contributed by atoms with van der Waals surface area (Å²) >= 11 is 0. The van der Waals surface area contributed by atoms with Gasteiger partial charge in [0.15, 0.2) is 0 Å². The van der Waals surface area contributed by atoms with Crippen molar-refractivity contribution in [2.45, 2.75) is 71.3 Å². The number of rotatable bonds is 12. The van der Waals surface area contributed by atoms with Crippen LogP contribution in [0.2, 0.25) is 0 Å². The van der Waals surface area contributed by atoms with Crippen molar-refractivity contribution in [2.75, 3.05) is 13.7 Å². The molecule has 2 heteroatoms. The Morgan fingerprint density at radius 3 is 2.29 bits per heavy atom. The second-order valence-electron chi connectivity index (χ2n) is 5.72. The highest BCUT2D eigenvalue weighted by Gasteiger charge is 2.13. The van der Waals surface area contributed by atoms with Crippen LogP contribution in [0.25, 0.3) is 0 Å². The summed E-state index contributed by atoms with van der Waals surface area (Å²) in [6.45, 7) is 5.04. The molecule has 1 rings (SSSR count). The zero-order valence-corrected chi connectivity index (χ0v) is 14.2. The van der Waals surface area contributed by atoms with E-state index < -0.39 is 0 Å². The molecule has 1 aromatic carbocycles. The fraction of sp³-hybridized carbons (Fsp3) is 0.684. The summed E-state index contributed by atoms with van der Waals surface area (Å²) in [4.78, 5) is 0. The Kier molecular flexibility index (Phi) is 9.98. The van der Waals surface area contributed by atoms with E-state index in [1.54, 1.807) is 0 Å². The van der Waals surface area contributed by atoms with Gasteiger partial charge in [0.25, 0.3) is 0 Å². The van der Waals surface area contributed by atoms with Crippen molar-refractivity contribution < 1.29 is 4.74 Å². The first-order valence-electron chi connectivity index (χ1n) is 8.72. The van der Waals surface area contributed by atoms with Gasteiger partial charge in [-0.05, 0) is 26.5 Å². The number of ether oxygens (including phenoxy) is 1. The van der Waals surface area contributed by atoms with Gasteiger partial charge in [-0.3, -0.25) is 0 Å². The van der Waals surface area contributed by atoms with E-state index in [9.17, 15) is 0 Å². The number of nitrogens with one attached hydrogen (secondary N) is 1. The molecule has 0 heterocycles. The topological polar surface area (TPSA) is 21.3 Å². The van der Waals surface area contributed by atoms with E-state index in [-0.39, 0.29) is 0 Å². The minimum absolute atomic E-state index is 0.406. The van der Waals surface area contributed by atoms with Gasteiger partial charge in [-0.25, -0.2) is 0 Å². The molecule has 21 heavy (non-hydrogen) atoms. The third-order valence-electron chi connectivity index (χ3n) is 4.04. The van der Waals surface area contributed by atoms with E-state index in [1.165, 1.54) is 56.9 Å². The number of hydrogen-bond acceptors (Lipinski definition) is 2. The zero-order chi connectivity index (χ0) is 15.3. The molecule has 0 saturated carbocycles. The molecular formula is C19H33NO. The van der Waals surface area contributed by atoms with Gasteiger partial charge in [0, 0.05) is 11.6 Å². The summed E-state index contributed by atoms with van der Waals surface area (Å²) in [6, 6.07) is 8.83. The van der Waals surface area contributed by atoms with Crippen LogP contribution in [0, 0.1) is 0 Å². The standard InChI is InChI=1S/C19H33NO/c1-4-6-7-8-9-10-11-15-18(20-3)17-14-12-13-16-19(17)21-5-2/h12-14,16,18,20H,4-11,15H2,1-3H3. The minimum Gasteiger partial charge on any atom is -0.494 e. The van der Waals surface area contributed by atoms with E-state index in [4.69, 9.17) is 4.74 Å². The van der Waals surface area contributed by atoms with Crippen molar-refractivity contribution in [3.63, 3.8) is 0 Å². The van der Waals surface area contributed by atoms with E-state index in [2.05, 4.69) is 43.6 Å². The fourth-order valence-corrected chi connectivity index (χ4v) is 2.82. The van der Waals surface area contributed by atoms with Gasteiger partial charge in [-0.15, -0.1) is 0 Å². The van der Waals surface area contributed by atoms with Crippen LogP contribution < -0.4 is 10.1 Å². The van der Waals surface area contributed by atoms with E-state index in [0.29, 0.717) is 6.04 Å². The minimum atomic E-state index is 0.406. The molecule has 1 N–H and O–H groups in total. The molecule has 0 aliphatic carbocycles. The molecule has 0 amide bonds. The van der Waals surface area contributed by atoms with Crippen LogP contribution in [0.15, 0.2) is 24.3 Å². The Morgan fingerprint density at radius 2 is 1.62 bits per heavy atom. The van der Waals surface area contributed by atoms with Crippen LogP contribution in [0.5, 0.6) is 5.75 Å². The average Bonchev–Trinajstić information content (AvgIpc) is 2.51. The van der Waals surface area contributed by atoms with Crippen molar-refractivity contribution in [3.8, 4) is 5.75 Å². The maximum atomic E-state index is 5.75. The molecule has 2 nitrogen and oxygen atoms in total. The predicted molar refractivity (Wildman–Crippen MR) is 92.0 cm³/mol. The molecule has 1 atom stereocenters.